The van der Waals surface area contributed by atoms with Crippen LogP contribution in [0, 0.1) is 10.8 Å². The molecule has 0 aromatic heterocycles. The SMILES string of the molecule is N=C(N)SCCc1ccc(C[C@@H](CCCO)SC(=N)N)cc1. The van der Waals surface area contributed by atoms with Gasteiger partial charge in [0, 0.05) is 17.6 Å². The van der Waals surface area contributed by atoms with E-state index >= 15 is 0 Å². The minimum Gasteiger partial charge on any atom is -0.396 e. The number of nitrogens with two attached hydrogens (primary N) is 2. The number of aliphatic hydroxyl groups excluding tert-OH is 1. The predicted octanol–water partition coefficient (Wildman–Crippen LogP) is 2.17. The zero-order chi connectivity index (χ0) is 16.4. The maximum absolute atomic E-state index is 8.95. The Bertz CT molecular complexity index is 479. The first-order valence-corrected chi connectivity index (χ1v) is 9.04. The normalized spacial score (nSPS) is 12.0. The summed E-state index contributed by atoms with van der Waals surface area (Å²) in [5, 5.41) is 24.1. The lowest BCUT2D eigenvalue weighted by Gasteiger charge is -2.15. The molecule has 0 aliphatic carbocycles. The molecule has 0 aliphatic heterocycles. The van der Waals surface area contributed by atoms with E-state index in [1.807, 2.05) is 0 Å². The van der Waals surface area contributed by atoms with Gasteiger partial charge in [0.1, 0.15) is 0 Å². The maximum atomic E-state index is 8.95. The number of aliphatic hydroxyl groups is 1. The number of hydrogen-bond donors (Lipinski definition) is 5. The summed E-state index contributed by atoms with van der Waals surface area (Å²) in [5.74, 6) is 0.813. The Kier molecular flexibility index (Phi) is 9.03. The van der Waals surface area contributed by atoms with Crippen LogP contribution in [-0.2, 0) is 12.8 Å². The van der Waals surface area contributed by atoms with Crippen molar-refractivity contribution in [3.8, 4) is 0 Å². The fraction of sp³-hybridized carbons (Fsp3) is 0.467. The second-order valence-corrected chi connectivity index (χ2v) is 7.43. The van der Waals surface area contributed by atoms with E-state index in [0.717, 1.165) is 31.4 Å². The average molecular weight is 341 g/mol. The van der Waals surface area contributed by atoms with Gasteiger partial charge in [0.2, 0.25) is 0 Å². The van der Waals surface area contributed by atoms with Gasteiger partial charge in [0.15, 0.2) is 10.3 Å². The second kappa shape index (κ2) is 10.5. The van der Waals surface area contributed by atoms with Gasteiger partial charge in [-0.05, 0) is 36.8 Å². The molecule has 0 aliphatic rings. The van der Waals surface area contributed by atoms with Crippen LogP contribution in [0.5, 0.6) is 0 Å². The van der Waals surface area contributed by atoms with Crippen molar-refractivity contribution >= 4 is 33.9 Å². The molecule has 1 atom stereocenters. The van der Waals surface area contributed by atoms with E-state index in [4.69, 9.17) is 27.4 Å². The molecule has 22 heavy (non-hydrogen) atoms. The van der Waals surface area contributed by atoms with Crippen LogP contribution in [0.1, 0.15) is 24.0 Å². The first-order valence-electron chi connectivity index (χ1n) is 7.17. The second-order valence-electron chi connectivity index (χ2n) is 4.95. The quantitative estimate of drug-likeness (QED) is 0.348. The van der Waals surface area contributed by atoms with Gasteiger partial charge in [-0.15, -0.1) is 0 Å². The minimum atomic E-state index is 0.126. The number of benzene rings is 1. The van der Waals surface area contributed by atoms with Crippen LogP contribution < -0.4 is 11.5 Å². The summed E-state index contributed by atoms with van der Waals surface area (Å²) in [7, 11) is 0. The smallest absolute Gasteiger partial charge is 0.151 e. The van der Waals surface area contributed by atoms with Gasteiger partial charge >= 0.3 is 0 Å². The lowest BCUT2D eigenvalue weighted by Crippen LogP contribution is -2.15. The van der Waals surface area contributed by atoms with Crippen LogP contribution in [0.3, 0.4) is 0 Å². The van der Waals surface area contributed by atoms with Gasteiger partial charge in [-0.3, -0.25) is 10.8 Å². The molecule has 5 nitrogen and oxygen atoms in total. The Morgan fingerprint density at radius 1 is 1.09 bits per heavy atom. The lowest BCUT2D eigenvalue weighted by molar-refractivity contribution is 0.284. The van der Waals surface area contributed by atoms with Crippen molar-refractivity contribution in [2.24, 2.45) is 11.5 Å². The Balaban J connectivity index is 2.52. The molecule has 0 saturated heterocycles. The van der Waals surface area contributed by atoms with Crippen molar-refractivity contribution in [1.29, 1.82) is 10.8 Å². The van der Waals surface area contributed by atoms with Crippen LogP contribution in [-0.4, -0.2) is 33.1 Å². The number of aryl methyl sites for hydroxylation is 1. The highest BCUT2D eigenvalue weighted by Crippen LogP contribution is 2.21. The molecule has 0 bridgehead atoms. The molecule has 0 radical (unpaired) electrons. The number of rotatable bonds is 9. The molecule has 0 spiro atoms. The van der Waals surface area contributed by atoms with Crippen molar-refractivity contribution in [2.45, 2.75) is 30.9 Å². The molecule has 0 amide bonds. The highest BCUT2D eigenvalue weighted by Gasteiger charge is 2.12. The third-order valence-corrected chi connectivity index (χ3v) is 4.82. The van der Waals surface area contributed by atoms with E-state index in [1.165, 1.54) is 34.7 Å². The van der Waals surface area contributed by atoms with Crippen molar-refractivity contribution in [1.82, 2.24) is 0 Å². The maximum Gasteiger partial charge on any atom is 0.151 e. The predicted molar refractivity (Wildman–Crippen MR) is 97.8 cm³/mol. The molecule has 0 heterocycles. The fourth-order valence-corrected chi connectivity index (χ4v) is 3.56. The number of hydrogen-bond acceptors (Lipinski definition) is 5. The summed E-state index contributed by atoms with van der Waals surface area (Å²) < 4.78 is 0. The van der Waals surface area contributed by atoms with E-state index in [9.17, 15) is 0 Å². The Morgan fingerprint density at radius 2 is 1.73 bits per heavy atom. The average Bonchev–Trinajstić information content (AvgIpc) is 2.45. The molecule has 0 fully saturated rings. The highest BCUT2D eigenvalue weighted by atomic mass is 32.2. The molecule has 7 heteroatoms. The first kappa shape index (κ1) is 18.9. The molecule has 1 aromatic carbocycles. The monoisotopic (exact) mass is 340 g/mol. The van der Waals surface area contributed by atoms with Crippen molar-refractivity contribution in [2.75, 3.05) is 12.4 Å². The van der Waals surface area contributed by atoms with Crippen LogP contribution in [0.2, 0.25) is 0 Å². The third-order valence-electron chi connectivity index (χ3n) is 3.11. The zero-order valence-electron chi connectivity index (χ0n) is 12.5. The van der Waals surface area contributed by atoms with Crippen LogP contribution in [0.4, 0.5) is 0 Å². The van der Waals surface area contributed by atoms with E-state index < -0.39 is 0 Å². The summed E-state index contributed by atoms with van der Waals surface area (Å²) in [5.41, 5.74) is 13.2. The van der Waals surface area contributed by atoms with Gasteiger partial charge < -0.3 is 16.6 Å². The van der Waals surface area contributed by atoms with Gasteiger partial charge in [0.25, 0.3) is 0 Å². The standard InChI is InChI=1S/C15H24N4OS2/c16-14(17)21-9-7-11-3-5-12(6-4-11)10-13(2-1-8-20)22-15(18)19/h3-6,13,20H,1-2,7-10H2,(H3,16,17)(H3,18,19)/t13-/m1/s1. The minimum absolute atomic E-state index is 0.126. The van der Waals surface area contributed by atoms with E-state index in [2.05, 4.69) is 24.3 Å². The summed E-state index contributed by atoms with van der Waals surface area (Å²) in [4.78, 5) is 0. The molecule has 1 aromatic rings. The Morgan fingerprint density at radius 3 is 2.27 bits per heavy atom. The molecule has 7 N–H and O–H groups in total. The van der Waals surface area contributed by atoms with Gasteiger partial charge in [-0.25, -0.2) is 0 Å². The summed E-state index contributed by atoms with van der Waals surface area (Å²) in [6.07, 6.45) is 3.30. The Hall–Kier alpha value is -1.18. The van der Waals surface area contributed by atoms with Crippen LogP contribution >= 0.6 is 23.5 Å². The summed E-state index contributed by atoms with van der Waals surface area (Å²) >= 11 is 2.72. The van der Waals surface area contributed by atoms with Crippen molar-refractivity contribution in [3.63, 3.8) is 0 Å². The third kappa shape index (κ3) is 8.31. The van der Waals surface area contributed by atoms with E-state index in [0.29, 0.717) is 0 Å². The van der Waals surface area contributed by atoms with E-state index in [-0.39, 0.29) is 22.2 Å². The van der Waals surface area contributed by atoms with Crippen molar-refractivity contribution < 1.29 is 5.11 Å². The van der Waals surface area contributed by atoms with Crippen LogP contribution in [0.15, 0.2) is 24.3 Å². The first-order chi connectivity index (χ1) is 10.5. The topological polar surface area (TPSA) is 120 Å². The van der Waals surface area contributed by atoms with E-state index in [1.54, 1.807) is 0 Å². The van der Waals surface area contributed by atoms with Crippen molar-refractivity contribution in [3.05, 3.63) is 35.4 Å². The lowest BCUT2D eigenvalue weighted by atomic mass is 10.0. The molecular formula is C15H24N4OS2. The number of amidine groups is 2. The largest absolute Gasteiger partial charge is 0.396 e. The molecular weight excluding hydrogens is 316 g/mol. The molecule has 122 valence electrons. The molecule has 0 saturated carbocycles. The number of nitrogens with one attached hydrogen (secondary N) is 2. The number of thioether (sulfide) groups is 2. The van der Waals surface area contributed by atoms with Gasteiger partial charge in [0.05, 0.1) is 0 Å². The Labute approximate surface area is 140 Å². The molecule has 0 unspecified atom stereocenters. The summed E-state index contributed by atoms with van der Waals surface area (Å²) in [6, 6.07) is 8.38. The highest BCUT2D eigenvalue weighted by molar-refractivity contribution is 8.14. The zero-order valence-corrected chi connectivity index (χ0v) is 14.2. The van der Waals surface area contributed by atoms with Crippen LogP contribution in [0.25, 0.3) is 0 Å². The van der Waals surface area contributed by atoms with Gasteiger partial charge in [-0.1, -0.05) is 47.8 Å². The summed E-state index contributed by atoms with van der Waals surface area (Å²) in [6.45, 7) is 0.168. The fourth-order valence-electron chi connectivity index (χ4n) is 2.08. The van der Waals surface area contributed by atoms with Gasteiger partial charge in [-0.2, -0.15) is 0 Å². The molecule has 1 rings (SSSR count).